The van der Waals surface area contributed by atoms with E-state index >= 15 is 0 Å². The van der Waals surface area contributed by atoms with Crippen molar-refractivity contribution in [3.8, 4) is 11.5 Å². The Morgan fingerprint density at radius 1 is 1.44 bits per heavy atom. The van der Waals surface area contributed by atoms with E-state index in [-0.39, 0.29) is 12.0 Å². The monoisotopic (exact) mass is 345 g/mol. The van der Waals surface area contributed by atoms with Gasteiger partial charge in [-0.3, -0.25) is 4.79 Å². The van der Waals surface area contributed by atoms with Crippen LogP contribution in [0.4, 0.5) is 11.5 Å². The zero-order valence-corrected chi connectivity index (χ0v) is 14.9. The molecular weight excluding hydrogens is 322 g/mol. The topological polar surface area (TPSA) is 85.6 Å². The first-order chi connectivity index (χ1) is 12.0. The predicted octanol–water partition coefficient (Wildman–Crippen LogP) is 3.14. The van der Waals surface area contributed by atoms with Crippen LogP contribution in [-0.4, -0.2) is 29.8 Å². The summed E-state index contributed by atoms with van der Waals surface area (Å²) >= 11 is 0. The molecule has 134 valence electrons. The quantitative estimate of drug-likeness (QED) is 0.836. The summed E-state index contributed by atoms with van der Waals surface area (Å²) in [4.78, 5) is 12.4. The maximum atomic E-state index is 12.4. The lowest BCUT2D eigenvalue weighted by molar-refractivity contribution is -0.116. The van der Waals surface area contributed by atoms with Crippen molar-refractivity contribution in [2.45, 2.75) is 46.3 Å². The minimum atomic E-state index is -0.493. The second kappa shape index (κ2) is 7.04. The Morgan fingerprint density at radius 2 is 2.24 bits per heavy atom. The zero-order chi connectivity index (χ0) is 18.0. The molecule has 7 heteroatoms. The molecule has 0 aliphatic carbocycles. The van der Waals surface area contributed by atoms with Gasteiger partial charge in [0.15, 0.2) is 5.82 Å². The lowest BCUT2D eigenvalue weighted by Gasteiger charge is -2.18. The summed E-state index contributed by atoms with van der Waals surface area (Å²) in [6.07, 6.45) is 1.01. The van der Waals surface area contributed by atoms with Crippen LogP contribution in [0.5, 0.6) is 11.5 Å². The normalized spacial score (nSPS) is 16.7. The minimum Gasteiger partial charge on any atom is -0.492 e. The third-order valence-corrected chi connectivity index (χ3v) is 3.94. The van der Waals surface area contributed by atoms with E-state index in [9.17, 15) is 4.79 Å². The highest BCUT2D eigenvalue weighted by molar-refractivity contribution is 5.95. The fourth-order valence-electron chi connectivity index (χ4n) is 2.79. The molecule has 0 fully saturated rings. The first kappa shape index (κ1) is 17.1. The average molecular weight is 345 g/mol. The summed E-state index contributed by atoms with van der Waals surface area (Å²) in [5, 5.41) is 9.67. The maximum absolute atomic E-state index is 12.4. The largest absolute Gasteiger partial charge is 0.492 e. The Balaban J connectivity index is 1.74. The molecule has 2 heterocycles. The van der Waals surface area contributed by atoms with E-state index in [2.05, 4.69) is 15.8 Å². The number of aromatic nitrogens is 1. The Kier molecular flexibility index (Phi) is 4.83. The van der Waals surface area contributed by atoms with Crippen LogP contribution in [0.3, 0.4) is 0 Å². The second-order valence-corrected chi connectivity index (χ2v) is 6.20. The molecule has 0 saturated heterocycles. The van der Waals surface area contributed by atoms with Crippen LogP contribution in [0.15, 0.2) is 22.7 Å². The van der Waals surface area contributed by atoms with Crippen LogP contribution in [0, 0.1) is 6.92 Å². The van der Waals surface area contributed by atoms with Gasteiger partial charge in [0.25, 0.3) is 0 Å². The van der Waals surface area contributed by atoms with Gasteiger partial charge < -0.3 is 24.6 Å². The van der Waals surface area contributed by atoms with E-state index in [1.165, 1.54) is 0 Å². The van der Waals surface area contributed by atoms with E-state index in [1.807, 2.05) is 26.0 Å². The van der Waals surface area contributed by atoms with Gasteiger partial charge in [0, 0.05) is 24.1 Å². The van der Waals surface area contributed by atoms with E-state index in [0.29, 0.717) is 18.2 Å². The second-order valence-electron chi connectivity index (χ2n) is 6.20. The van der Waals surface area contributed by atoms with Crippen LogP contribution in [0.2, 0.25) is 0 Å². The molecule has 2 aromatic rings. The van der Waals surface area contributed by atoms with Crippen LogP contribution in [0.1, 0.15) is 32.1 Å². The number of carbonyl (C=O) groups is 1. The standard InChI is InChI=1S/C18H23N3O4/c1-5-23-16-8-13-6-10(2)24-15(13)9-14(16)19-12(4)18(22)20-17-7-11(3)25-21-17/h7-10,12,19H,5-6H2,1-4H3,(H,20,21,22)/t10-,12+/m0/s1. The van der Waals surface area contributed by atoms with E-state index in [1.54, 1.807) is 19.9 Å². The molecule has 2 N–H and O–H groups in total. The number of hydrogen-bond acceptors (Lipinski definition) is 6. The average Bonchev–Trinajstić information content (AvgIpc) is 3.12. The third-order valence-electron chi connectivity index (χ3n) is 3.94. The molecule has 1 aliphatic heterocycles. The Labute approximate surface area is 146 Å². The zero-order valence-electron chi connectivity index (χ0n) is 14.9. The van der Waals surface area contributed by atoms with Gasteiger partial charge in [0.05, 0.1) is 12.3 Å². The van der Waals surface area contributed by atoms with Gasteiger partial charge in [-0.15, -0.1) is 0 Å². The Bertz CT molecular complexity index is 772. The van der Waals surface area contributed by atoms with Gasteiger partial charge in [-0.05, 0) is 33.8 Å². The van der Waals surface area contributed by atoms with Crippen molar-refractivity contribution >= 4 is 17.4 Å². The summed E-state index contributed by atoms with van der Waals surface area (Å²) in [7, 11) is 0. The van der Waals surface area contributed by atoms with E-state index in [0.717, 1.165) is 29.2 Å². The number of carbonyl (C=O) groups excluding carboxylic acids is 1. The van der Waals surface area contributed by atoms with Gasteiger partial charge >= 0.3 is 0 Å². The number of aryl methyl sites for hydroxylation is 1. The molecule has 1 aromatic heterocycles. The number of rotatable bonds is 6. The molecule has 0 radical (unpaired) electrons. The van der Waals surface area contributed by atoms with Crippen LogP contribution >= 0.6 is 0 Å². The van der Waals surface area contributed by atoms with Crippen LogP contribution < -0.4 is 20.1 Å². The SMILES string of the molecule is CCOc1cc2c(cc1N[C@H](C)C(=O)Nc1cc(C)on1)O[C@@H](C)C2. The molecule has 7 nitrogen and oxygen atoms in total. The van der Waals surface area contributed by atoms with Gasteiger partial charge in [-0.1, -0.05) is 5.16 Å². The lowest BCUT2D eigenvalue weighted by atomic mass is 10.1. The van der Waals surface area contributed by atoms with Crippen LogP contribution in [-0.2, 0) is 11.2 Å². The minimum absolute atomic E-state index is 0.149. The molecule has 1 aromatic carbocycles. The highest BCUT2D eigenvalue weighted by Crippen LogP contribution is 2.38. The molecule has 0 saturated carbocycles. The third kappa shape index (κ3) is 3.87. The van der Waals surface area contributed by atoms with Crippen molar-refractivity contribution in [2.24, 2.45) is 0 Å². The highest BCUT2D eigenvalue weighted by Gasteiger charge is 2.23. The first-order valence-electron chi connectivity index (χ1n) is 8.43. The summed E-state index contributed by atoms with van der Waals surface area (Å²) in [6.45, 7) is 8.05. The van der Waals surface area contributed by atoms with Crippen molar-refractivity contribution in [1.29, 1.82) is 0 Å². The number of benzene rings is 1. The summed E-state index contributed by atoms with van der Waals surface area (Å²) < 4.78 is 16.5. The number of amides is 1. The van der Waals surface area contributed by atoms with E-state index < -0.39 is 6.04 Å². The Hall–Kier alpha value is -2.70. The molecule has 2 atom stereocenters. The summed E-state index contributed by atoms with van der Waals surface area (Å²) in [5.41, 5.74) is 1.85. The van der Waals surface area contributed by atoms with Crippen molar-refractivity contribution in [3.63, 3.8) is 0 Å². The molecule has 1 amide bonds. The molecule has 0 unspecified atom stereocenters. The van der Waals surface area contributed by atoms with Crippen molar-refractivity contribution in [3.05, 3.63) is 29.5 Å². The van der Waals surface area contributed by atoms with Crippen molar-refractivity contribution < 1.29 is 18.8 Å². The van der Waals surface area contributed by atoms with Gasteiger partial charge in [-0.2, -0.15) is 0 Å². The molecule has 3 rings (SSSR count). The summed E-state index contributed by atoms with van der Waals surface area (Å²) in [5.74, 6) is 2.37. The maximum Gasteiger partial charge on any atom is 0.247 e. The molecule has 1 aliphatic rings. The molecule has 0 bridgehead atoms. The predicted molar refractivity (Wildman–Crippen MR) is 94.4 cm³/mol. The van der Waals surface area contributed by atoms with Gasteiger partial charge in [0.2, 0.25) is 5.91 Å². The molecule has 0 spiro atoms. The first-order valence-corrected chi connectivity index (χ1v) is 8.43. The smallest absolute Gasteiger partial charge is 0.247 e. The number of nitrogens with zero attached hydrogens (tertiary/aromatic N) is 1. The fraction of sp³-hybridized carbons (Fsp3) is 0.444. The number of nitrogens with one attached hydrogen (secondary N) is 2. The summed E-state index contributed by atoms with van der Waals surface area (Å²) in [6, 6.07) is 5.05. The number of ether oxygens (including phenoxy) is 2. The van der Waals surface area contributed by atoms with Crippen molar-refractivity contribution in [2.75, 3.05) is 17.2 Å². The lowest BCUT2D eigenvalue weighted by Crippen LogP contribution is -2.32. The number of fused-ring (bicyclic) bond motifs is 1. The van der Waals surface area contributed by atoms with Gasteiger partial charge in [-0.25, -0.2) is 0 Å². The molecule has 25 heavy (non-hydrogen) atoms. The number of anilines is 2. The highest BCUT2D eigenvalue weighted by atomic mass is 16.5. The van der Waals surface area contributed by atoms with Gasteiger partial charge in [0.1, 0.15) is 29.4 Å². The number of hydrogen-bond donors (Lipinski definition) is 2. The van der Waals surface area contributed by atoms with E-state index in [4.69, 9.17) is 14.0 Å². The van der Waals surface area contributed by atoms with Crippen molar-refractivity contribution in [1.82, 2.24) is 5.16 Å². The molecular formula is C18H23N3O4. The van der Waals surface area contributed by atoms with Crippen LogP contribution in [0.25, 0.3) is 0 Å². The Morgan fingerprint density at radius 3 is 2.92 bits per heavy atom. The fourth-order valence-corrected chi connectivity index (χ4v) is 2.79.